The molecular formula is C17H24N4O. The Morgan fingerprint density at radius 1 is 1.23 bits per heavy atom. The number of rotatable bonds is 5. The lowest BCUT2D eigenvalue weighted by Crippen LogP contribution is -2.42. The molecule has 0 saturated carbocycles. The number of benzene rings is 1. The predicted molar refractivity (Wildman–Crippen MR) is 89.9 cm³/mol. The molecule has 1 aliphatic rings. The summed E-state index contributed by atoms with van der Waals surface area (Å²) in [6.07, 6.45) is 6.48. The van der Waals surface area contributed by atoms with Gasteiger partial charge in [-0.3, -0.25) is 4.79 Å². The molecule has 3 N–H and O–H groups in total. The third kappa shape index (κ3) is 4.62. The van der Waals surface area contributed by atoms with Gasteiger partial charge in [-0.1, -0.05) is 24.3 Å². The monoisotopic (exact) mass is 300 g/mol. The summed E-state index contributed by atoms with van der Waals surface area (Å²) in [7, 11) is 1.63. The predicted octanol–water partition coefficient (Wildman–Crippen LogP) is 1.82. The van der Waals surface area contributed by atoms with Crippen LogP contribution in [0.2, 0.25) is 0 Å². The molecule has 2 rings (SSSR count). The first-order chi connectivity index (χ1) is 10.7. The number of hydrogen-bond donors (Lipinski definition) is 3. The van der Waals surface area contributed by atoms with Crippen LogP contribution < -0.4 is 16.0 Å². The van der Waals surface area contributed by atoms with Crippen molar-refractivity contribution in [3.05, 3.63) is 47.5 Å². The van der Waals surface area contributed by atoms with E-state index in [4.69, 9.17) is 0 Å². The van der Waals surface area contributed by atoms with Gasteiger partial charge in [0.1, 0.15) is 0 Å². The lowest BCUT2D eigenvalue weighted by atomic mass is 10.1. The van der Waals surface area contributed by atoms with E-state index in [-0.39, 0.29) is 5.91 Å². The second-order valence-electron chi connectivity index (χ2n) is 5.26. The van der Waals surface area contributed by atoms with Crippen LogP contribution in [0, 0.1) is 0 Å². The molecule has 1 aromatic rings. The van der Waals surface area contributed by atoms with Crippen LogP contribution in [0.3, 0.4) is 0 Å². The van der Waals surface area contributed by atoms with Crippen LogP contribution in [0.5, 0.6) is 0 Å². The maximum atomic E-state index is 11.5. The van der Waals surface area contributed by atoms with E-state index in [1.807, 2.05) is 24.3 Å². The Morgan fingerprint density at radius 3 is 2.50 bits per heavy atom. The van der Waals surface area contributed by atoms with E-state index in [9.17, 15) is 4.79 Å². The quantitative estimate of drug-likeness (QED) is 0.441. The van der Waals surface area contributed by atoms with E-state index < -0.39 is 0 Å². The summed E-state index contributed by atoms with van der Waals surface area (Å²) in [6.45, 7) is 3.48. The molecular weight excluding hydrogens is 276 g/mol. The van der Waals surface area contributed by atoms with Crippen molar-refractivity contribution in [3.8, 4) is 0 Å². The van der Waals surface area contributed by atoms with Gasteiger partial charge in [0, 0.05) is 25.2 Å². The van der Waals surface area contributed by atoms with Gasteiger partial charge in [0.2, 0.25) is 0 Å². The highest BCUT2D eigenvalue weighted by Crippen LogP contribution is 2.09. The lowest BCUT2D eigenvalue weighted by molar-refractivity contribution is 0.0963. The van der Waals surface area contributed by atoms with E-state index in [2.05, 4.69) is 40.0 Å². The molecule has 0 spiro atoms. The number of carbonyl (C=O) groups is 1. The third-order valence-corrected chi connectivity index (χ3v) is 3.56. The summed E-state index contributed by atoms with van der Waals surface area (Å²) in [5, 5.41) is 9.32. The van der Waals surface area contributed by atoms with Crippen LogP contribution in [0.25, 0.3) is 0 Å². The number of hydrogen-bond acceptors (Lipinski definition) is 2. The number of amides is 1. The maximum absolute atomic E-state index is 11.5. The summed E-state index contributed by atoms with van der Waals surface area (Å²) >= 11 is 0. The van der Waals surface area contributed by atoms with Crippen LogP contribution in [0.4, 0.5) is 0 Å². The van der Waals surface area contributed by atoms with Crippen LogP contribution in [0.1, 0.15) is 35.7 Å². The molecule has 0 saturated heterocycles. The first-order valence-corrected chi connectivity index (χ1v) is 7.73. The molecule has 118 valence electrons. The molecule has 1 aromatic carbocycles. The maximum Gasteiger partial charge on any atom is 0.251 e. The summed E-state index contributed by atoms with van der Waals surface area (Å²) in [5.41, 5.74) is 1.74. The van der Waals surface area contributed by atoms with Crippen molar-refractivity contribution in [2.24, 2.45) is 4.99 Å². The van der Waals surface area contributed by atoms with E-state index in [0.29, 0.717) is 18.2 Å². The van der Waals surface area contributed by atoms with Crippen LogP contribution in [0.15, 0.2) is 41.4 Å². The molecule has 0 aromatic heterocycles. The minimum atomic E-state index is -0.0706. The van der Waals surface area contributed by atoms with Crippen molar-refractivity contribution < 1.29 is 4.79 Å². The number of aliphatic imine (C=N–C) groups is 1. The molecule has 0 fully saturated rings. The number of nitrogens with one attached hydrogen (secondary N) is 3. The Labute approximate surface area is 131 Å². The van der Waals surface area contributed by atoms with Gasteiger partial charge in [-0.25, -0.2) is 4.99 Å². The van der Waals surface area contributed by atoms with Crippen molar-refractivity contribution in [1.29, 1.82) is 0 Å². The lowest BCUT2D eigenvalue weighted by Gasteiger charge is -2.16. The summed E-state index contributed by atoms with van der Waals surface area (Å²) in [5.74, 6) is 0.769. The standard InChI is InChI=1S/C17H24N4O/c1-3-19-17(21-15-6-4-5-7-15)20-12-13-8-10-14(11-9-13)16(22)18-2/h4-5,8-11,15H,3,6-7,12H2,1-2H3,(H,18,22)(H2,19,20,21). The number of nitrogens with zero attached hydrogens (tertiary/aromatic N) is 1. The zero-order valence-electron chi connectivity index (χ0n) is 13.2. The van der Waals surface area contributed by atoms with Crippen molar-refractivity contribution >= 4 is 11.9 Å². The third-order valence-electron chi connectivity index (χ3n) is 3.56. The summed E-state index contributed by atoms with van der Waals surface area (Å²) in [4.78, 5) is 16.1. The van der Waals surface area contributed by atoms with Crippen LogP contribution in [-0.2, 0) is 6.54 Å². The van der Waals surface area contributed by atoms with Crippen LogP contribution >= 0.6 is 0 Å². The molecule has 0 unspecified atom stereocenters. The highest BCUT2D eigenvalue weighted by Gasteiger charge is 2.11. The Morgan fingerprint density at radius 2 is 1.91 bits per heavy atom. The average molecular weight is 300 g/mol. The smallest absolute Gasteiger partial charge is 0.251 e. The number of carbonyl (C=O) groups excluding carboxylic acids is 1. The number of guanidine groups is 1. The fraction of sp³-hybridized carbons (Fsp3) is 0.412. The topological polar surface area (TPSA) is 65.5 Å². The van der Waals surface area contributed by atoms with Gasteiger partial charge in [0.05, 0.1) is 6.54 Å². The molecule has 0 aliphatic heterocycles. The SMILES string of the molecule is CCNC(=NCc1ccc(C(=O)NC)cc1)NC1CC=CC1. The molecule has 22 heavy (non-hydrogen) atoms. The van der Waals surface area contributed by atoms with Gasteiger partial charge in [-0.15, -0.1) is 0 Å². The van der Waals surface area contributed by atoms with E-state index in [0.717, 1.165) is 30.9 Å². The fourth-order valence-corrected chi connectivity index (χ4v) is 2.32. The van der Waals surface area contributed by atoms with Gasteiger partial charge >= 0.3 is 0 Å². The molecule has 5 heteroatoms. The van der Waals surface area contributed by atoms with Crippen LogP contribution in [-0.4, -0.2) is 31.5 Å². The van der Waals surface area contributed by atoms with Crippen molar-refractivity contribution in [2.45, 2.75) is 32.4 Å². The van der Waals surface area contributed by atoms with Crippen molar-refractivity contribution in [2.75, 3.05) is 13.6 Å². The molecule has 5 nitrogen and oxygen atoms in total. The second kappa shape index (κ2) is 8.22. The summed E-state index contributed by atoms with van der Waals surface area (Å²) < 4.78 is 0. The van der Waals surface area contributed by atoms with Gasteiger partial charge in [0.25, 0.3) is 5.91 Å². The minimum absolute atomic E-state index is 0.0706. The zero-order chi connectivity index (χ0) is 15.8. The highest BCUT2D eigenvalue weighted by atomic mass is 16.1. The minimum Gasteiger partial charge on any atom is -0.357 e. The molecule has 1 amide bonds. The van der Waals surface area contributed by atoms with E-state index in [1.165, 1.54) is 0 Å². The Balaban J connectivity index is 1.95. The molecule has 0 bridgehead atoms. The first-order valence-electron chi connectivity index (χ1n) is 7.73. The molecule has 1 aliphatic carbocycles. The summed E-state index contributed by atoms with van der Waals surface area (Å²) in [6, 6.07) is 7.97. The Kier molecular flexibility index (Phi) is 6.01. The molecule has 0 atom stereocenters. The largest absolute Gasteiger partial charge is 0.357 e. The van der Waals surface area contributed by atoms with Gasteiger partial charge in [0.15, 0.2) is 5.96 Å². The highest BCUT2D eigenvalue weighted by molar-refractivity contribution is 5.93. The molecule has 0 radical (unpaired) electrons. The van der Waals surface area contributed by atoms with Gasteiger partial charge in [-0.05, 0) is 37.5 Å². The van der Waals surface area contributed by atoms with E-state index >= 15 is 0 Å². The molecule has 0 heterocycles. The van der Waals surface area contributed by atoms with Gasteiger partial charge < -0.3 is 16.0 Å². The zero-order valence-corrected chi connectivity index (χ0v) is 13.2. The van der Waals surface area contributed by atoms with Crippen molar-refractivity contribution in [1.82, 2.24) is 16.0 Å². The Hall–Kier alpha value is -2.30. The fourth-order valence-electron chi connectivity index (χ4n) is 2.32. The first kappa shape index (κ1) is 16.1. The van der Waals surface area contributed by atoms with E-state index in [1.54, 1.807) is 7.05 Å². The average Bonchev–Trinajstić information content (AvgIpc) is 3.05. The Bertz CT molecular complexity index is 540. The second-order valence-corrected chi connectivity index (χ2v) is 5.26. The normalized spacial score (nSPS) is 14.9. The van der Waals surface area contributed by atoms with Gasteiger partial charge in [-0.2, -0.15) is 0 Å². The van der Waals surface area contributed by atoms with Crippen molar-refractivity contribution in [3.63, 3.8) is 0 Å².